The Morgan fingerprint density at radius 1 is 1.59 bits per heavy atom. The molecule has 0 spiro atoms. The molecule has 1 aromatic heterocycles. The predicted octanol–water partition coefficient (Wildman–Crippen LogP) is 2.54. The number of aromatic nitrogens is 1. The SMILES string of the molecule is Cc1c(C(=O)O)noc1C1CC(Br)C(C)CO1. The van der Waals surface area contributed by atoms with E-state index in [0.717, 1.165) is 6.42 Å². The molecule has 0 aromatic carbocycles. The molecule has 0 saturated carbocycles. The molecule has 3 atom stereocenters. The largest absolute Gasteiger partial charge is 0.476 e. The molecule has 5 nitrogen and oxygen atoms in total. The molecule has 2 rings (SSSR count). The summed E-state index contributed by atoms with van der Waals surface area (Å²) in [6, 6.07) is 0. The number of aromatic carboxylic acids is 1. The number of rotatable bonds is 2. The van der Waals surface area contributed by atoms with Crippen LogP contribution in [0, 0.1) is 12.8 Å². The maximum Gasteiger partial charge on any atom is 0.358 e. The van der Waals surface area contributed by atoms with Crippen LogP contribution < -0.4 is 0 Å². The molecular weight excluding hydrogens is 290 g/mol. The van der Waals surface area contributed by atoms with Gasteiger partial charge in [0.2, 0.25) is 0 Å². The minimum absolute atomic E-state index is 0.0339. The predicted molar refractivity (Wildman–Crippen MR) is 63.4 cm³/mol. The fraction of sp³-hybridized carbons (Fsp3) is 0.636. The number of carbonyl (C=O) groups is 1. The highest BCUT2D eigenvalue weighted by Crippen LogP contribution is 2.36. The van der Waals surface area contributed by atoms with E-state index in [4.69, 9.17) is 14.4 Å². The molecule has 1 aliphatic heterocycles. The van der Waals surface area contributed by atoms with Crippen LogP contribution in [0.4, 0.5) is 0 Å². The standard InChI is InChI=1S/C11H14BrNO4/c1-5-4-16-8(3-7(5)12)10-6(2)9(11(14)15)13-17-10/h5,7-8H,3-4H2,1-2H3,(H,14,15). The first-order valence-corrected chi connectivity index (χ1v) is 6.37. The van der Waals surface area contributed by atoms with E-state index in [1.54, 1.807) is 6.92 Å². The number of nitrogens with zero attached hydrogens (tertiary/aromatic N) is 1. The van der Waals surface area contributed by atoms with E-state index in [0.29, 0.717) is 28.7 Å². The minimum atomic E-state index is -1.07. The quantitative estimate of drug-likeness (QED) is 0.850. The summed E-state index contributed by atoms with van der Waals surface area (Å²) in [4.78, 5) is 11.2. The van der Waals surface area contributed by atoms with Crippen LogP contribution in [-0.2, 0) is 4.74 Å². The first-order chi connectivity index (χ1) is 8.00. The lowest BCUT2D eigenvalue weighted by atomic mass is 9.97. The second-order valence-electron chi connectivity index (χ2n) is 4.38. The average molecular weight is 304 g/mol. The van der Waals surface area contributed by atoms with E-state index in [1.807, 2.05) is 0 Å². The third-order valence-corrected chi connectivity index (χ3v) is 4.35. The molecule has 94 valence electrons. The molecule has 1 aliphatic rings. The molecule has 6 heteroatoms. The van der Waals surface area contributed by atoms with Gasteiger partial charge in [-0.05, 0) is 19.3 Å². The van der Waals surface area contributed by atoms with Crippen molar-refractivity contribution in [1.29, 1.82) is 0 Å². The Bertz CT molecular complexity index is 431. The first-order valence-electron chi connectivity index (χ1n) is 5.45. The van der Waals surface area contributed by atoms with Crippen molar-refractivity contribution in [2.45, 2.75) is 31.2 Å². The van der Waals surface area contributed by atoms with Gasteiger partial charge < -0.3 is 14.4 Å². The lowest BCUT2D eigenvalue weighted by molar-refractivity contribution is -0.0222. The summed E-state index contributed by atoms with van der Waals surface area (Å²) in [5, 5.41) is 12.5. The minimum Gasteiger partial charge on any atom is -0.476 e. The second kappa shape index (κ2) is 4.78. The van der Waals surface area contributed by atoms with Crippen LogP contribution in [0.3, 0.4) is 0 Å². The summed E-state index contributed by atoms with van der Waals surface area (Å²) < 4.78 is 10.8. The molecule has 0 bridgehead atoms. The summed E-state index contributed by atoms with van der Waals surface area (Å²) in [5.74, 6) is -0.107. The van der Waals surface area contributed by atoms with E-state index < -0.39 is 5.97 Å². The summed E-state index contributed by atoms with van der Waals surface area (Å²) in [5.41, 5.74) is 0.519. The molecule has 0 radical (unpaired) electrons. The molecule has 2 heterocycles. The molecule has 1 aromatic rings. The Morgan fingerprint density at radius 2 is 2.29 bits per heavy atom. The Balaban J connectivity index is 2.21. The van der Waals surface area contributed by atoms with E-state index in [2.05, 4.69) is 28.0 Å². The number of carboxylic acids is 1. The summed E-state index contributed by atoms with van der Waals surface area (Å²) in [7, 11) is 0. The van der Waals surface area contributed by atoms with Crippen LogP contribution in [0.5, 0.6) is 0 Å². The monoisotopic (exact) mass is 303 g/mol. The Kier molecular flexibility index (Phi) is 3.53. The van der Waals surface area contributed by atoms with E-state index in [-0.39, 0.29) is 11.8 Å². The van der Waals surface area contributed by atoms with Crippen LogP contribution in [0.15, 0.2) is 4.52 Å². The molecular formula is C11H14BrNO4. The van der Waals surface area contributed by atoms with Crippen molar-refractivity contribution in [3.05, 3.63) is 17.0 Å². The lowest BCUT2D eigenvalue weighted by Crippen LogP contribution is -2.28. The van der Waals surface area contributed by atoms with Gasteiger partial charge in [-0.15, -0.1) is 0 Å². The smallest absolute Gasteiger partial charge is 0.358 e. The molecule has 1 fully saturated rings. The van der Waals surface area contributed by atoms with Crippen molar-refractivity contribution in [3.63, 3.8) is 0 Å². The van der Waals surface area contributed by atoms with E-state index in [9.17, 15) is 4.79 Å². The topological polar surface area (TPSA) is 72.6 Å². The van der Waals surface area contributed by atoms with Crippen LogP contribution in [0.2, 0.25) is 0 Å². The zero-order valence-electron chi connectivity index (χ0n) is 9.64. The third kappa shape index (κ3) is 2.37. The van der Waals surface area contributed by atoms with Gasteiger partial charge in [-0.2, -0.15) is 0 Å². The van der Waals surface area contributed by atoms with Gasteiger partial charge in [0.15, 0.2) is 11.5 Å². The molecule has 1 N–H and O–H groups in total. The highest BCUT2D eigenvalue weighted by Gasteiger charge is 2.32. The van der Waals surface area contributed by atoms with Crippen molar-refractivity contribution in [3.8, 4) is 0 Å². The summed E-state index contributed by atoms with van der Waals surface area (Å²) in [6.07, 6.45) is 0.548. The van der Waals surface area contributed by atoms with Gasteiger partial charge in [-0.1, -0.05) is 28.0 Å². The van der Waals surface area contributed by atoms with Crippen LogP contribution in [0.1, 0.15) is 41.3 Å². The fourth-order valence-corrected chi connectivity index (χ4v) is 2.40. The number of hydrogen-bond acceptors (Lipinski definition) is 4. The van der Waals surface area contributed by atoms with E-state index >= 15 is 0 Å². The van der Waals surface area contributed by atoms with Gasteiger partial charge in [-0.25, -0.2) is 4.79 Å². The summed E-state index contributed by atoms with van der Waals surface area (Å²) in [6.45, 7) is 4.43. The summed E-state index contributed by atoms with van der Waals surface area (Å²) >= 11 is 3.59. The van der Waals surface area contributed by atoms with Gasteiger partial charge >= 0.3 is 5.97 Å². The number of halogens is 1. The molecule has 0 amide bonds. The zero-order valence-corrected chi connectivity index (χ0v) is 11.2. The normalized spacial score (nSPS) is 29.2. The molecule has 17 heavy (non-hydrogen) atoms. The van der Waals surface area contributed by atoms with Crippen molar-refractivity contribution in [2.75, 3.05) is 6.61 Å². The Hall–Kier alpha value is -0.880. The van der Waals surface area contributed by atoms with E-state index in [1.165, 1.54) is 0 Å². The Labute approximate surface area is 107 Å². The van der Waals surface area contributed by atoms with Crippen molar-refractivity contribution in [2.24, 2.45) is 5.92 Å². The van der Waals surface area contributed by atoms with Crippen molar-refractivity contribution < 1.29 is 19.2 Å². The zero-order chi connectivity index (χ0) is 12.6. The Morgan fingerprint density at radius 3 is 2.82 bits per heavy atom. The van der Waals surface area contributed by atoms with Crippen molar-refractivity contribution >= 4 is 21.9 Å². The molecule has 0 aliphatic carbocycles. The van der Waals surface area contributed by atoms with Gasteiger partial charge in [0.05, 0.1) is 6.61 Å². The van der Waals surface area contributed by atoms with Crippen LogP contribution >= 0.6 is 15.9 Å². The molecule has 3 unspecified atom stereocenters. The fourth-order valence-electron chi connectivity index (χ4n) is 1.91. The maximum absolute atomic E-state index is 10.9. The average Bonchev–Trinajstić information content (AvgIpc) is 2.64. The van der Waals surface area contributed by atoms with Crippen molar-refractivity contribution in [1.82, 2.24) is 5.16 Å². The number of carboxylic acid groups (broad SMARTS) is 1. The first kappa shape index (κ1) is 12.6. The van der Waals surface area contributed by atoms with Gasteiger partial charge in [0.1, 0.15) is 6.10 Å². The maximum atomic E-state index is 10.9. The number of hydrogen-bond donors (Lipinski definition) is 1. The van der Waals surface area contributed by atoms with Gasteiger partial charge in [0.25, 0.3) is 0 Å². The highest BCUT2D eigenvalue weighted by molar-refractivity contribution is 9.09. The highest BCUT2D eigenvalue weighted by atomic mass is 79.9. The number of ether oxygens (including phenoxy) is 1. The van der Waals surface area contributed by atoms with Gasteiger partial charge in [-0.3, -0.25) is 0 Å². The molecule has 1 saturated heterocycles. The lowest BCUT2D eigenvalue weighted by Gasteiger charge is -2.30. The third-order valence-electron chi connectivity index (χ3n) is 3.07. The van der Waals surface area contributed by atoms with Crippen LogP contribution in [-0.4, -0.2) is 27.7 Å². The number of alkyl halides is 1. The van der Waals surface area contributed by atoms with Gasteiger partial charge in [0, 0.05) is 10.4 Å². The second-order valence-corrected chi connectivity index (χ2v) is 5.55. The van der Waals surface area contributed by atoms with Crippen LogP contribution in [0.25, 0.3) is 0 Å².